The third-order valence-electron chi connectivity index (χ3n) is 3.86. The third-order valence-corrected chi connectivity index (χ3v) is 5.28. The summed E-state index contributed by atoms with van der Waals surface area (Å²) in [6, 6.07) is 4.77. The molecule has 0 atom stereocenters. The molecule has 0 aliphatic carbocycles. The van der Waals surface area contributed by atoms with Crippen molar-refractivity contribution in [2.75, 3.05) is 12.4 Å². The molecule has 0 aliphatic heterocycles. The van der Waals surface area contributed by atoms with Gasteiger partial charge in [0.15, 0.2) is 0 Å². The molecule has 140 valence electrons. The van der Waals surface area contributed by atoms with Crippen molar-refractivity contribution in [3.63, 3.8) is 0 Å². The molecule has 3 rings (SSSR count). The van der Waals surface area contributed by atoms with Crippen LogP contribution in [0.2, 0.25) is 5.02 Å². The second kappa shape index (κ2) is 7.37. The second-order valence-corrected chi connectivity index (χ2v) is 7.05. The Morgan fingerprint density at radius 2 is 2.15 bits per heavy atom. The van der Waals surface area contributed by atoms with Crippen molar-refractivity contribution in [3.05, 3.63) is 50.3 Å². The van der Waals surface area contributed by atoms with Gasteiger partial charge in [-0.15, -0.1) is 11.3 Å². The Kier molecular flexibility index (Phi) is 5.15. The van der Waals surface area contributed by atoms with Gasteiger partial charge in [0.25, 0.3) is 5.56 Å². The van der Waals surface area contributed by atoms with Crippen molar-refractivity contribution in [3.8, 4) is 5.75 Å². The first kappa shape index (κ1) is 18.9. The van der Waals surface area contributed by atoms with Crippen LogP contribution in [0.4, 0.5) is 5.69 Å². The molecule has 0 saturated heterocycles. The molecule has 8 nitrogen and oxygen atoms in total. The first-order chi connectivity index (χ1) is 12.8. The largest absolute Gasteiger partial charge is 0.495 e. The number of carbonyl (C=O) groups excluding carboxylic acids is 1. The maximum atomic E-state index is 12.7. The van der Waals surface area contributed by atoms with Gasteiger partial charge in [0, 0.05) is 5.02 Å². The van der Waals surface area contributed by atoms with E-state index >= 15 is 0 Å². The van der Waals surface area contributed by atoms with E-state index in [9.17, 15) is 19.5 Å². The number of carbonyl (C=O) groups is 2. The van der Waals surface area contributed by atoms with Crippen molar-refractivity contribution in [2.45, 2.75) is 13.5 Å². The topological polar surface area (TPSA) is 111 Å². The molecule has 1 aromatic carbocycles. The number of aryl methyl sites for hydroxylation is 1. The number of thiophene rings is 1. The van der Waals surface area contributed by atoms with Gasteiger partial charge >= 0.3 is 5.97 Å². The number of halogens is 1. The van der Waals surface area contributed by atoms with E-state index in [1.54, 1.807) is 19.1 Å². The fourth-order valence-corrected chi connectivity index (χ4v) is 3.75. The number of benzene rings is 1. The van der Waals surface area contributed by atoms with Crippen LogP contribution < -0.4 is 15.6 Å². The minimum Gasteiger partial charge on any atom is -0.495 e. The SMILES string of the molecule is COc1ccc(Cl)cc1NC(=O)Cn1cnc2sc(C(=O)O)c(C)c2c1=O. The molecule has 0 fully saturated rings. The standard InChI is InChI=1S/C17H14ClN3O5S/c1-8-13-15(27-14(8)17(24)25)19-7-21(16(13)23)6-12(22)20-10-5-9(18)3-4-11(10)26-2/h3-5,7H,6H2,1-2H3,(H,20,22)(H,24,25). The molecule has 2 aromatic heterocycles. The lowest BCUT2D eigenvalue weighted by Crippen LogP contribution is -2.28. The predicted molar refractivity (Wildman–Crippen MR) is 102 cm³/mol. The first-order valence-corrected chi connectivity index (χ1v) is 8.86. The van der Waals surface area contributed by atoms with Gasteiger partial charge in [-0.05, 0) is 30.7 Å². The highest BCUT2D eigenvalue weighted by Gasteiger charge is 2.19. The summed E-state index contributed by atoms with van der Waals surface area (Å²) >= 11 is 6.86. The summed E-state index contributed by atoms with van der Waals surface area (Å²) in [4.78, 5) is 40.7. The van der Waals surface area contributed by atoms with Gasteiger partial charge < -0.3 is 15.2 Å². The molecule has 3 aromatic rings. The number of carboxylic acid groups (broad SMARTS) is 1. The van der Waals surface area contributed by atoms with E-state index in [2.05, 4.69) is 10.3 Å². The van der Waals surface area contributed by atoms with Crippen LogP contribution in [0.3, 0.4) is 0 Å². The van der Waals surface area contributed by atoms with Crippen molar-refractivity contribution in [2.24, 2.45) is 0 Å². The molecule has 0 radical (unpaired) electrons. The zero-order valence-corrected chi connectivity index (χ0v) is 15.8. The Labute approximate surface area is 162 Å². The van der Waals surface area contributed by atoms with Crippen LogP contribution >= 0.6 is 22.9 Å². The van der Waals surface area contributed by atoms with E-state index in [1.165, 1.54) is 19.5 Å². The number of aromatic nitrogens is 2. The average Bonchev–Trinajstić information content (AvgIpc) is 2.95. The predicted octanol–water partition coefficient (Wildman–Crippen LogP) is 2.77. The fraction of sp³-hybridized carbons (Fsp3) is 0.176. The van der Waals surface area contributed by atoms with Gasteiger partial charge in [0.2, 0.25) is 5.91 Å². The average molecular weight is 408 g/mol. The van der Waals surface area contributed by atoms with Gasteiger partial charge in [0.1, 0.15) is 22.0 Å². The molecular formula is C17H14ClN3O5S. The molecule has 0 saturated carbocycles. The summed E-state index contributed by atoms with van der Waals surface area (Å²) in [5, 5.41) is 12.5. The molecule has 0 unspecified atom stereocenters. The van der Waals surface area contributed by atoms with Crippen LogP contribution in [-0.2, 0) is 11.3 Å². The lowest BCUT2D eigenvalue weighted by Gasteiger charge is -2.11. The number of amides is 1. The molecule has 27 heavy (non-hydrogen) atoms. The monoisotopic (exact) mass is 407 g/mol. The molecule has 2 heterocycles. The molecule has 0 aliphatic rings. The zero-order valence-electron chi connectivity index (χ0n) is 14.3. The van der Waals surface area contributed by atoms with E-state index in [0.717, 1.165) is 15.9 Å². The van der Waals surface area contributed by atoms with Crippen molar-refractivity contribution < 1.29 is 19.4 Å². The molecule has 10 heteroatoms. The molecule has 1 amide bonds. The van der Waals surface area contributed by atoms with Crippen LogP contribution in [0, 0.1) is 6.92 Å². The van der Waals surface area contributed by atoms with Gasteiger partial charge in [0.05, 0.1) is 24.5 Å². The fourth-order valence-electron chi connectivity index (χ4n) is 2.60. The Balaban J connectivity index is 1.91. The summed E-state index contributed by atoms with van der Waals surface area (Å²) < 4.78 is 6.29. The van der Waals surface area contributed by atoms with E-state index in [-0.39, 0.29) is 16.8 Å². The number of fused-ring (bicyclic) bond motifs is 1. The van der Waals surface area contributed by atoms with Gasteiger partial charge in [-0.3, -0.25) is 14.2 Å². The van der Waals surface area contributed by atoms with E-state index in [1.807, 2.05) is 0 Å². The van der Waals surface area contributed by atoms with Crippen LogP contribution in [0.1, 0.15) is 15.2 Å². The zero-order chi connectivity index (χ0) is 19.7. The highest BCUT2D eigenvalue weighted by Crippen LogP contribution is 2.28. The van der Waals surface area contributed by atoms with E-state index < -0.39 is 17.4 Å². The Bertz CT molecular complexity index is 1120. The van der Waals surface area contributed by atoms with Crippen LogP contribution in [0.15, 0.2) is 29.3 Å². The Morgan fingerprint density at radius 1 is 1.41 bits per heavy atom. The van der Waals surface area contributed by atoms with Crippen molar-refractivity contribution >= 4 is 50.7 Å². The first-order valence-electron chi connectivity index (χ1n) is 7.67. The highest BCUT2D eigenvalue weighted by atomic mass is 35.5. The minimum atomic E-state index is -1.12. The summed E-state index contributed by atoms with van der Waals surface area (Å²) in [6.45, 7) is 1.25. The third kappa shape index (κ3) is 3.64. The number of methoxy groups -OCH3 is 1. The molecule has 0 bridgehead atoms. The number of hydrogen-bond donors (Lipinski definition) is 2. The number of rotatable bonds is 5. The van der Waals surface area contributed by atoms with Gasteiger partial charge in [-0.1, -0.05) is 11.6 Å². The molecule has 0 spiro atoms. The number of nitrogens with zero attached hydrogens (tertiary/aromatic N) is 2. The number of carboxylic acids is 1. The molecule has 2 N–H and O–H groups in total. The van der Waals surface area contributed by atoms with Crippen molar-refractivity contribution in [1.82, 2.24) is 9.55 Å². The van der Waals surface area contributed by atoms with Crippen LogP contribution in [0.25, 0.3) is 10.2 Å². The van der Waals surface area contributed by atoms with Gasteiger partial charge in [-0.2, -0.15) is 0 Å². The minimum absolute atomic E-state index is 0.0560. The lowest BCUT2D eigenvalue weighted by molar-refractivity contribution is -0.116. The highest BCUT2D eigenvalue weighted by molar-refractivity contribution is 7.20. The summed E-state index contributed by atoms with van der Waals surface area (Å²) in [5.74, 6) is -1.18. The lowest BCUT2D eigenvalue weighted by atomic mass is 10.2. The quantitative estimate of drug-likeness (QED) is 0.672. The summed E-state index contributed by atoms with van der Waals surface area (Å²) in [6.07, 6.45) is 1.22. The Morgan fingerprint density at radius 3 is 2.81 bits per heavy atom. The summed E-state index contributed by atoms with van der Waals surface area (Å²) in [7, 11) is 1.46. The van der Waals surface area contributed by atoms with E-state index in [4.69, 9.17) is 16.3 Å². The van der Waals surface area contributed by atoms with E-state index in [0.29, 0.717) is 26.9 Å². The maximum Gasteiger partial charge on any atom is 0.346 e. The maximum absolute atomic E-state index is 12.7. The number of anilines is 1. The molecular weight excluding hydrogens is 394 g/mol. The van der Waals surface area contributed by atoms with Crippen molar-refractivity contribution in [1.29, 1.82) is 0 Å². The smallest absolute Gasteiger partial charge is 0.346 e. The Hall–Kier alpha value is -2.91. The normalized spacial score (nSPS) is 10.8. The number of nitrogens with one attached hydrogen (secondary N) is 1. The van der Waals surface area contributed by atoms with Gasteiger partial charge in [-0.25, -0.2) is 9.78 Å². The number of ether oxygens (including phenoxy) is 1. The number of aromatic carboxylic acids is 1. The number of hydrogen-bond acceptors (Lipinski definition) is 6. The second-order valence-electron chi connectivity index (χ2n) is 5.61. The summed E-state index contributed by atoms with van der Waals surface area (Å²) in [5.41, 5.74) is 0.234. The van der Waals surface area contributed by atoms with Crippen LogP contribution in [0.5, 0.6) is 5.75 Å². The van der Waals surface area contributed by atoms with Crippen LogP contribution in [-0.4, -0.2) is 33.6 Å².